The van der Waals surface area contributed by atoms with E-state index in [0.717, 1.165) is 23.2 Å². The quantitative estimate of drug-likeness (QED) is 0.761. The number of aromatic carboxylic acids is 1. The Morgan fingerprint density at radius 1 is 1.42 bits per heavy atom. The second kappa shape index (κ2) is 6.67. The minimum atomic E-state index is -1.24. The van der Waals surface area contributed by atoms with Gasteiger partial charge in [-0.15, -0.1) is 0 Å². The van der Waals surface area contributed by atoms with Crippen LogP contribution in [-0.2, 0) is 11.3 Å². The lowest BCUT2D eigenvalue weighted by atomic mass is 10.1. The third-order valence-electron chi connectivity index (χ3n) is 2.42. The molecule has 0 aliphatic carbocycles. The van der Waals surface area contributed by atoms with E-state index in [0.29, 0.717) is 12.5 Å². The maximum Gasteiger partial charge on any atom is 0.356 e. The molecule has 104 valence electrons. The number of hydrogen-bond donors (Lipinski definition) is 2. The summed E-state index contributed by atoms with van der Waals surface area (Å²) in [7, 11) is 0. The number of aromatic nitrogens is 2. The standard InChI is InChI=1S/C12H17N3O4/c1-8(2)5-6-13-10(16)7-15-11(17)4-3-9(14-15)12(18)19/h3-4,8H,5-7H2,1-2H3,(H,13,16)(H,18,19). The maximum atomic E-state index is 11.6. The van der Waals surface area contributed by atoms with Crippen LogP contribution in [0.5, 0.6) is 0 Å². The summed E-state index contributed by atoms with van der Waals surface area (Å²) in [6.45, 7) is 4.31. The van der Waals surface area contributed by atoms with E-state index in [1.807, 2.05) is 13.8 Å². The van der Waals surface area contributed by atoms with E-state index >= 15 is 0 Å². The van der Waals surface area contributed by atoms with E-state index in [2.05, 4.69) is 10.4 Å². The molecule has 1 aromatic rings. The van der Waals surface area contributed by atoms with E-state index < -0.39 is 11.5 Å². The molecule has 0 unspecified atom stereocenters. The number of carbonyl (C=O) groups excluding carboxylic acids is 1. The SMILES string of the molecule is CC(C)CCNC(=O)Cn1nc(C(=O)O)ccc1=O. The van der Waals surface area contributed by atoms with Crippen molar-refractivity contribution >= 4 is 11.9 Å². The van der Waals surface area contributed by atoms with Crippen LogP contribution < -0.4 is 10.9 Å². The Kier molecular flexibility index (Phi) is 5.23. The van der Waals surface area contributed by atoms with Crippen molar-refractivity contribution in [3.63, 3.8) is 0 Å². The molecule has 19 heavy (non-hydrogen) atoms. The minimum Gasteiger partial charge on any atom is -0.476 e. The Hall–Kier alpha value is -2.18. The van der Waals surface area contributed by atoms with E-state index in [1.165, 1.54) is 0 Å². The van der Waals surface area contributed by atoms with Gasteiger partial charge in [-0.1, -0.05) is 13.8 Å². The van der Waals surface area contributed by atoms with E-state index in [1.54, 1.807) is 0 Å². The van der Waals surface area contributed by atoms with Crippen LogP contribution in [-0.4, -0.2) is 33.3 Å². The lowest BCUT2D eigenvalue weighted by Gasteiger charge is -2.08. The fraction of sp³-hybridized carbons (Fsp3) is 0.500. The van der Waals surface area contributed by atoms with Gasteiger partial charge in [-0.05, 0) is 18.4 Å². The molecule has 0 bridgehead atoms. The summed E-state index contributed by atoms with van der Waals surface area (Å²) in [5, 5.41) is 15.0. The van der Waals surface area contributed by atoms with Crippen molar-refractivity contribution in [2.45, 2.75) is 26.8 Å². The Balaban J connectivity index is 2.66. The van der Waals surface area contributed by atoms with Crippen LogP contribution in [0.4, 0.5) is 0 Å². The summed E-state index contributed by atoms with van der Waals surface area (Å²) in [6, 6.07) is 2.19. The molecule has 0 atom stereocenters. The molecule has 1 rings (SSSR count). The van der Waals surface area contributed by atoms with Gasteiger partial charge in [-0.2, -0.15) is 5.10 Å². The Morgan fingerprint density at radius 2 is 2.11 bits per heavy atom. The molecule has 0 spiro atoms. The molecule has 0 aliphatic rings. The van der Waals surface area contributed by atoms with Crippen LogP contribution in [0.25, 0.3) is 0 Å². The van der Waals surface area contributed by atoms with Crippen LogP contribution in [0.2, 0.25) is 0 Å². The van der Waals surface area contributed by atoms with Gasteiger partial charge < -0.3 is 10.4 Å². The van der Waals surface area contributed by atoms with Gasteiger partial charge in [0.05, 0.1) is 0 Å². The molecule has 2 N–H and O–H groups in total. The number of nitrogens with zero attached hydrogens (tertiary/aromatic N) is 2. The van der Waals surface area contributed by atoms with Crippen molar-refractivity contribution in [2.24, 2.45) is 5.92 Å². The second-order valence-corrected chi connectivity index (χ2v) is 4.55. The lowest BCUT2D eigenvalue weighted by molar-refractivity contribution is -0.121. The van der Waals surface area contributed by atoms with Crippen molar-refractivity contribution in [3.8, 4) is 0 Å². The topological polar surface area (TPSA) is 101 Å². The average molecular weight is 267 g/mol. The van der Waals surface area contributed by atoms with Crippen molar-refractivity contribution in [1.82, 2.24) is 15.1 Å². The third kappa shape index (κ3) is 4.90. The smallest absolute Gasteiger partial charge is 0.356 e. The van der Waals surface area contributed by atoms with Gasteiger partial charge in [0.1, 0.15) is 6.54 Å². The number of rotatable bonds is 6. The molecule has 0 radical (unpaired) electrons. The molecule has 1 heterocycles. The van der Waals surface area contributed by atoms with Crippen molar-refractivity contribution in [3.05, 3.63) is 28.2 Å². The van der Waals surface area contributed by atoms with Crippen LogP contribution in [0.15, 0.2) is 16.9 Å². The van der Waals surface area contributed by atoms with Gasteiger partial charge in [0.2, 0.25) is 5.91 Å². The summed E-state index contributed by atoms with van der Waals surface area (Å²) in [5.74, 6) is -1.14. The highest BCUT2D eigenvalue weighted by atomic mass is 16.4. The van der Waals surface area contributed by atoms with Crippen molar-refractivity contribution in [1.29, 1.82) is 0 Å². The minimum absolute atomic E-state index is 0.269. The normalized spacial score (nSPS) is 10.5. The molecular weight excluding hydrogens is 250 g/mol. The third-order valence-corrected chi connectivity index (χ3v) is 2.42. The van der Waals surface area contributed by atoms with Gasteiger partial charge >= 0.3 is 5.97 Å². The molecule has 7 heteroatoms. The number of carboxylic acid groups (broad SMARTS) is 1. The summed E-state index contributed by atoms with van der Waals surface area (Å²) >= 11 is 0. The molecule has 1 aromatic heterocycles. The molecule has 0 fully saturated rings. The van der Waals surface area contributed by atoms with Gasteiger partial charge in [0.15, 0.2) is 5.69 Å². The molecular formula is C12H17N3O4. The van der Waals surface area contributed by atoms with Crippen LogP contribution in [0.3, 0.4) is 0 Å². The predicted octanol–water partition coefficient (Wildman–Crippen LogP) is 0.104. The van der Waals surface area contributed by atoms with Crippen LogP contribution in [0.1, 0.15) is 30.8 Å². The zero-order valence-corrected chi connectivity index (χ0v) is 10.9. The first-order chi connectivity index (χ1) is 8.90. The molecule has 0 aliphatic heterocycles. The highest BCUT2D eigenvalue weighted by Crippen LogP contribution is 1.96. The summed E-state index contributed by atoms with van der Waals surface area (Å²) < 4.78 is 0.841. The second-order valence-electron chi connectivity index (χ2n) is 4.55. The first kappa shape index (κ1) is 14.9. The molecule has 0 saturated carbocycles. The Labute approximate surface area is 110 Å². The number of amides is 1. The average Bonchev–Trinajstić information content (AvgIpc) is 2.31. The number of hydrogen-bond acceptors (Lipinski definition) is 4. The van der Waals surface area contributed by atoms with Gasteiger partial charge in [-0.3, -0.25) is 9.59 Å². The fourth-order valence-corrected chi connectivity index (χ4v) is 1.37. The number of carboxylic acids is 1. The van der Waals surface area contributed by atoms with E-state index in [9.17, 15) is 14.4 Å². The Bertz CT molecular complexity index is 522. The molecule has 0 aromatic carbocycles. The summed E-state index contributed by atoms with van der Waals surface area (Å²) in [6.07, 6.45) is 0.837. The molecule has 7 nitrogen and oxygen atoms in total. The van der Waals surface area contributed by atoms with Crippen LogP contribution in [0, 0.1) is 5.92 Å². The van der Waals surface area contributed by atoms with E-state index in [4.69, 9.17) is 5.11 Å². The van der Waals surface area contributed by atoms with Gasteiger partial charge in [-0.25, -0.2) is 9.48 Å². The number of nitrogens with one attached hydrogen (secondary N) is 1. The first-order valence-electron chi connectivity index (χ1n) is 5.98. The fourth-order valence-electron chi connectivity index (χ4n) is 1.37. The van der Waals surface area contributed by atoms with Gasteiger partial charge in [0.25, 0.3) is 5.56 Å². The number of carbonyl (C=O) groups is 2. The largest absolute Gasteiger partial charge is 0.476 e. The van der Waals surface area contributed by atoms with Gasteiger partial charge in [0, 0.05) is 12.6 Å². The van der Waals surface area contributed by atoms with E-state index in [-0.39, 0.29) is 18.1 Å². The first-order valence-corrected chi connectivity index (χ1v) is 5.98. The highest BCUT2D eigenvalue weighted by molar-refractivity contribution is 5.85. The van der Waals surface area contributed by atoms with Crippen molar-refractivity contribution in [2.75, 3.05) is 6.54 Å². The van der Waals surface area contributed by atoms with Crippen LogP contribution >= 0.6 is 0 Å². The monoisotopic (exact) mass is 267 g/mol. The zero-order valence-electron chi connectivity index (χ0n) is 10.9. The lowest BCUT2D eigenvalue weighted by Crippen LogP contribution is -2.34. The molecule has 1 amide bonds. The summed E-state index contributed by atoms with van der Waals surface area (Å²) in [4.78, 5) is 33.7. The zero-order chi connectivity index (χ0) is 14.4. The molecule has 0 saturated heterocycles. The summed E-state index contributed by atoms with van der Waals surface area (Å²) in [5.41, 5.74) is -0.779. The maximum absolute atomic E-state index is 11.6. The van der Waals surface area contributed by atoms with Crippen molar-refractivity contribution < 1.29 is 14.7 Å². The predicted molar refractivity (Wildman–Crippen MR) is 67.9 cm³/mol. The highest BCUT2D eigenvalue weighted by Gasteiger charge is 2.10. The Morgan fingerprint density at radius 3 is 2.68 bits per heavy atom.